The molecule has 0 bridgehead atoms. The Morgan fingerprint density at radius 2 is 1.24 bits per heavy atom. The minimum absolute atomic E-state index is 0.141. The SMILES string of the molecule is C=C/C=C(C=C)/C=C/C(=O)CC(=O)/C=C/c1ccccc1.CC.CC.CC.CC. The Labute approximate surface area is 180 Å². The normalized spacial score (nSPS) is 9.31. The number of carbonyl (C=O) groups is 2. The highest BCUT2D eigenvalue weighted by Gasteiger charge is 2.03. The molecule has 1 rings (SSSR count). The standard InChI is InChI=1S/C19H18O2.4C2H6/c1-3-8-16(4-2)11-13-18(20)15-19(21)14-12-17-9-6-5-7-10-17;4*1-2/h3-14H,1-2,15H2;4*1-2H3/b13-11+,14-12+,16-8+;;;;. The van der Waals surface area contributed by atoms with Crippen molar-refractivity contribution in [3.8, 4) is 0 Å². The molecule has 0 aliphatic carbocycles. The molecule has 2 nitrogen and oxygen atoms in total. The molecule has 0 saturated heterocycles. The van der Waals surface area contributed by atoms with Gasteiger partial charge in [-0.25, -0.2) is 0 Å². The van der Waals surface area contributed by atoms with Crippen LogP contribution >= 0.6 is 0 Å². The number of carbonyl (C=O) groups excluding carboxylic acids is 2. The Balaban J connectivity index is -0.000000347. The molecule has 0 N–H and O–H groups in total. The van der Waals surface area contributed by atoms with Crippen LogP contribution in [0.4, 0.5) is 0 Å². The molecule has 162 valence electrons. The van der Waals surface area contributed by atoms with Crippen molar-refractivity contribution in [1.29, 1.82) is 0 Å². The number of hydrogen-bond donors (Lipinski definition) is 0. The summed E-state index contributed by atoms with van der Waals surface area (Å²) < 4.78 is 0. The average Bonchev–Trinajstić information content (AvgIpc) is 2.81. The van der Waals surface area contributed by atoms with E-state index in [0.717, 1.165) is 11.1 Å². The van der Waals surface area contributed by atoms with Crippen molar-refractivity contribution >= 4 is 17.6 Å². The van der Waals surface area contributed by atoms with Gasteiger partial charge in [-0.05, 0) is 23.3 Å². The molecule has 0 aliphatic heterocycles. The predicted octanol–water partition coefficient (Wildman–Crippen LogP) is 8.19. The molecule has 1 aromatic carbocycles. The van der Waals surface area contributed by atoms with Crippen molar-refractivity contribution in [3.05, 3.63) is 91.1 Å². The van der Waals surface area contributed by atoms with Crippen LogP contribution in [0.5, 0.6) is 0 Å². The Morgan fingerprint density at radius 1 is 0.759 bits per heavy atom. The molecule has 1 aromatic rings. The zero-order valence-electron chi connectivity index (χ0n) is 19.9. The maximum absolute atomic E-state index is 11.7. The fourth-order valence-corrected chi connectivity index (χ4v) is 1.56. The molecular weight excluding hydrogens is 356 g/mol. The highest BCUT2D eigenvalue weighted by molar-refractivity contribution is 6.09. The first kappa shape index (κ1) is 33.8. The van der Waals surface area contributed by atoms with Gasteiger partial charge in [0, 0.05) is 0 Å². The zero-order chi connectivity index (χ0) is 23.5. The van der Waals surface area contributed by atoms with Gasteiger partial charge < -0.3 is 0 Å². The van der Waals surface area contributed by atoms with Gasteiger partial charge in [0.05, 0.1) is 6.42 Å². The van der Waals surface area contributed by atoms with Gasteiger partial charge in [0.25, 0.3) is 0 Å². The van der Waals surface area contributed by atoms with Gasteiger partial charge in [0.15, 0.2) is 11.6 Å². The second kappa shape index (κ2) is 30.0. The van der Waals surface area contributed by atoms with Gasteiger partial charge in [-0.3, -0.25) is 9.59 Å². The first-order valence-corrected chi connectivity index (χ1v) is 10.6. The minimum atomic E-state index is -0.241. The lowest BCUT2D eigenvalue weighted by atomic mass is 10.1. The maximum atomic E-state index is 11.7. The quantitative estimate of drug-likeness (QED) is 0.251. The lowest BCUT2D eigenvalue weighted by Gasteiger charge is -1.93. The van der Waals surface area contributed by atoms with Crippen LogP contribution in [0.1, 0.15) is 67.4 Å². The summed E-state index contributed by atoms with van der Waals surface area (Å²) in [7, 11) is 0. The Kier molecular flexibility index (Phi) is 35.0. The Bertz CT molecular complexity index is 603. The minimum Gasteiger partial charge on any atom is -0.294 e. The first-order valence-electron chi connectivity index (χ1n) is 10.6. The van der Waals surface area contributed by atoms with Gasteiger partial charge in [-0.1, -0.05) is 129 Å². The Morgan fingerprint density at radius 3 is 1.69 bits per heavy atom. The van der Waals surface area contributed by atoms with Crippen molar-refractivity contribution in [2.75, 3.05) is 0 Å². The van der Waals surface area contributed by atoms with Gasteiger partial charge in [0.2, 0.25) is 0 Å². The summed E-state index contributed by atoms with van der Waals surface area (Å²) in [5.41, 5.74) is 1.70. The molecular formula is C27H42O2. The van der Waals surface area contributed by atoms with Gasteiger partial charge >= 0.3 is 0 Å². The second-order valence-electron chi connectivity index (χ2n) is 4.29. The summed E-state index contributed by atoms with van der Waals surface area (Å²) in [4.78, 5) is 23.3. The summed E-state index contributed by atoms with van der Waals surface area (Å²) in [6.45, 7) is 23.2. The lowest BCUT2D eigenvalue weighted by molar-refractivity contribution is -0.121. The fourth-order valence-electron chi connectivity index (χ4n) is 1.56. The number of benzene rings is 1. The Hall–Kier alpha value is -2.74. The lowest BCUT2D eigenvalue weighted by Crippen LogP contribution is -2.02. The third kappa shape index (κ3) is 23.2. The summed E-state index contributed by atoms with van der Waals surface area (Å²) in [6.07, 6.45) is 10.9. The van der Waals surface area contributed by atoms with E-state index in [9.17, 15) is 9.59 Å². The summed E-state index contributed by atoms with van der Waals surface area (Å²) >= 11 is 0. The van der Waals surface area contributed by atoms with Crippen LogP contribution in [0.3, 0.4) is 0 Å². The van der Waals surface area contributed by atoms with Crippen molar-refractivity contribution in [2.45, 2.75) is 61.8 Å². The molecule has 0 amide bonds. The van der Waals surface area contributed by atoms with Crippen LogP contribution in [-0.2, 0) is 9.59 Å². The van der Waals surface area contributed by atoms with Crippen molar-refractivity contribution in [3.63, 3.8) is 0 Å². The third-order valence-electron chi connectivity index (χ3n) is 2.62. The number of ketones is 2. The molecule has 0 aliphatic rings. The molecule has 0 unspecified atom stereocenters. The molecule has 0 radical (unpaired) electrons. The molecule has 0 fully saturated rings. The fraction of sp³-hybridized carbons (Fsp3) is 0.333. The molecule has 0 saturated carbocycles. The average molecular weight is 399 g/mol. The number of hydrogen-bond acceptors (Lipinski definition) is 2. The topological polar surface area (TPSA) is 34.1 Å². The summed E-state index contributed by atoms with van der Waals surface area (Å²) in [5, 5.41) is 0. The van der Waals surface area contributed by atoms with Crippen LogP contribution in [0, 0.1) is 0 Å². The molecule has 2 heteroatoms. The van der Waals surface area contributed by atoms with Crippen molar-refractivity contribution in [2.24, 2.45) is 0 Å². The monoisotopic (exact) mass is 398 g/mol. The number of rotatable bonds is 8. The highest BCUT2D eigenvalue weighted by atomic mass is 16.1. The van der Waals surface area contributed by atoms with Crippen LogP contribution < -0.4 is 0 Å². The summed E-state index contributed by atoms with van der Waals surface area (Å²) in [5.74, 6) is -0.462. The molecule has 0 spiro atoms. The van der Waals surface area contributed by atoms with Gasteiger partial charge in [0.1, 0.15) is 0 Å². The zero-order valence-corrected chi connectivity index (χ0v) is 19.9. The smallest absolute Gasteiger partial charge is 0.163 e. The first-order chi connectivity index (χ1) is 14.2. The van der Waals surface area contributed by atoms with E-state index in [1.165, 1.54) is 12.2 Å². The van der Waals surface area contributed by atoms with Crippen LogP contribution in [0.15, 0.2) is 85.5 Å². The van der Waals surface area contributed by atoms with E-state index in [0.29, 0.717) is 0 Å². The van der Waals surface area contributed by atoms with Crippen LogP contribution in [-0.4, -0.2) is 11.6 Å². The van der Waals surface area contributed by atoms with Gasteiger partial charge in [-0.15, -0.1) is 0 Å². The van der Waals surface area contributed by atoms with E-state index in [4.69, 9.17) is 0 Å². The van der Waals surface area contributed by atoms with E-state index in [1.807, 2.05) is 85.7 Å². The third-order valence-corrected chi connectivity index (χ3v) is 2.62. The predicted molar refractivity (Wildman–Crippen MR) is 133 cm³/mol. The molecule has 0 atom stereocenters. The van der Waals surface area contributed by atoms with E-state index in [2.05, 4.69) is 13.2 Å². The summed E-state index contributed by atoms with van der Waals surface area (Å²) in [6, 6.07) is 9.47. The van der Waals surface area contributed by atoms with E-state index >= 15 is 0 Å². The number of allylic oxidation sites excluding steroid dienone is 7. The molecule has 0 aromatic heterocycles. The molecule has 29 heavy (non-hydrogen) atoms. The molecule has 0 heterocycles. The van der Waals surface area contributed by atoms with E-state index < -0.39 is 0 Å². The largest absolute Gasteiger partial charge is 0.294 e. The van der Waals surface area contributed by atoms with Crippen molar-refractivity contribution in [1.82, 2.24) is 0 Å². The van der Waals surface area contributed by atoms with E-state index in [-0.39, 0.29) is 18.0 Å². The van der Waals surface area contributed by atoms with Gasteiger partial charge in [-0.2, -0.15) is 0 Å². The maximum Gasteiger partial charge on any atom is 0.163 e. The van der Waals surface area contributed by atoms with Crippen LogP contribution in [0.25, 0.3) is 6.08 Å². The van der Waals surface area contributed by atoms with E-state index in [1.54, 1.807) is 30.4 Å². The highest BCUT2D eigenvalue weighted by Crippen LogP contribution is 2.03. The van der Waals surface area contributed by atoms with Crippen molar-refractivity contribution < 1.29 is 9.59 Å². The van der Waals surface area contributed by atoms with Crippen LogP contribution in [0.2, 0.25) is 0 Å². The second-order valence-corrected chi connectivity index (χ2v) is 4.29.